The quantitative estimate of drug-likeness (QED) is 0.867. The van der Waals surface area contributed by atoms with Crippen LogP contribution in [0.25, 0.3) is 11.0 Å². The average Bonchev–Trinajstić information content (AvgIpc) is 2.83. The Bertz CT molecular complexity index is 792. The summed E-state index contributed by atoms with van der Waals surface area (Å²) in [6.45, 7) is 0.623. The zero-order chi connectivity index (χ0) is 13.6. The second kappa shape index (κ2) is 4.61. The van der Waals surface area contributed by atoms with E-state index in [9.17, 15) is 8.42 Å². The van der Waals surface area contributed by atoms with E-state index >= 15 is 0 Å². The highest BCUT2D eigenvalue weighted by Gasteiger charge is 2.28. The molecule has 1 aromatic carbocycles. The summed E-state index contributed by atoms with van der Waals surface area (Å²) in [5, 5.41) is 0.626. The van der Waals surface area contributed by atoms with Crippen molar-refractivity contribution in [2.24, 2.45) is 5.92 Å². The maximum Gasteiger partial charge on any atom is 0.178 e. The fraction of sp³-hybridized carbons (Fsp3) is 0.417. The summed E-state index contributed by atoms with van der Waals surface area (Å²) in [6, 6.07) is 5.62. The number of imidazole rings is 1. The van der Waals surface area contributed by atoms with E-state index in [0.29, 0.717) is 22.8 Å². The number of nitrogens with one attached hydrogen (secondary N) is 1. The van der Waals surface area contributed by atoms with Crippen molar-refractivity contribution in [3.8, 4) is 0 Å². The van der Waals surface area contributed by atoms with Crippen molar-refractivity contribution < 1.29 is 8.42 Å². The maximum absolute atomic E-state index is 11.5. The molecule has 1 N–H and O–H groups in total. The molecule has 4 nitrogen and oxygen atoms in total. The number of fused-ring (bicyclic) bond motifs is 1. The monoisotopic (exact) mass is 316 g/mol. The summed E-state index contributed by atoms with van der Waals surface area (Å²) < 4.78 is 25.6. The van der Waals surface area contributed by atoms with Crippen molar-refractivity contribution in [2.45, 2.75) is 13.0 Å². The van der Waals surface area contributed by atoms with Crippen molar-refractivity contribution in [1.29, 1.82) is 0 Å². The van der Waals surface area contributed by atoms with Crippen LogP contribution in [0.3, 0.4) is 0 Å². The van der Waals surface area contributed by atoms with Crippen molar-refractivity contribution in [2.75, 3.05) is 11.5 Å². The molecule has 7 heteroatoms. The third-order valence-corrected chi connectivity index (χ3v) is 6.00. The van der Waals surface area contributed by atoms with Gasteiger partial charge in [0, 0.05) is 6.54 Å². The maximum atomic E-state index is 11.5. The first kappa shape index (κ1) is 13.1. The predicted molar refractivity (Wildman–Crippen MR) is 78.9 cm³/mol. The Labute approximate surface area is 121 Å². The van der Waals surface area contributed by atoms with E-state index in [0.717, 1.165) is 11.0 Å². The lowest BCUT2D eigenvalue weighted by molar-refractivity contribution is 0.495. The molecular formula is C12H13ClN2O2S2. The largest absolute Gasteiger partial charge is 0.329 e. The van der Waals surface area contributed by atoms with Crippen LogP contribution in [-0.2, 0) is 16.4 Å². The number of rotatable bonds is 2. The number of sulfone groups is 1. The lowest BCUT2D eigenvalue weighted by Gasteiger charge is -2.09. The van der Waals surface area contributed by atoms with Crippen LogP contribution in [0.15, 0.2) is 18.2 Å². The summed E-state index contributed by atoms with van der Waals surface area (Å²) in [7, 11) is -2.86. The van der Waals surface area contributed by atoms with E-state index in [4.69, 9.17) is 23.8 Å². The third kappa shape index (κ3) is 2.44. The summed E-state index contributed by atoms with van der Waals surface area (Å²) in [5.74, 6) is 0.672. The number of aromatic amines is 1. The zero-order valence-electron chi connectivity index (χ0n) is 10.1. The van der Waals surface area contributed by atoms with Crippen molar-refractivity contribution in [3.63, 3.8) is 0 Å². The van der Waals surface area contributed by atoms with Crippen LogP contribution in [0.5, 0.6) is 0 Å². The standard InChI is InChI=1S/C12H13ClN2O2S2/c13-9-2-1-3-10-11(9)14-12(18)15(10)6-8-4-5-19(16,17)7-8/h1-3,8H,4-7H2,(H,14,18). The number of aromatic nitrogens is 2. The molecule has 2 heterocycles. The average molecular weight is 317 g/mol. The van der Waals surface area contributed by atoms with Gasteiger partial charge in [0.15, 0.2) is 14.6 Å². The van der Waals surface area contributed by atoms with E-state index in [1.54, 1.807) is 6.07 Å². The van der Waals surface area contributed by atoms with Gasteiger partial charge in [0.25, 0.3) is 0 Å². The molecule has 0 spiro atoms. The topological polar surface area (TPSA) is 54.9 Å². The Hall–Kier alpha value is -0.850. The molecule has 3 rings (SSSR count). The van der Waals surface area contributed by atoms with Gasteiger partial charge < -0.3 is 9.55 Å². The molecule has 19 heavy (non-hydrogen) atoms. The molecule has 0 amide bonds. The van der Waals surface area contributed by atoms with Gasteiger partial charge in [-0.05, 0) is 36.7 Å². The zero-order valence-corrected chi connectivity index (χ0v) is 12.5. The highest BCUT2D eigenvalue weighted by Crippen LogP contribution is 2.26. The van der Waals surface area contributed by atoms with Crippen LogP contribution in [0.2, 0.25) is 5.02 Å². The number of nitrogens with zero attached hydrogens (tertiary/aromatic N) is 1. The summed E-state index contributed by atoms with van der Waals surface area (Å²) in [4.78, 5) is 3.09. The Kier molecular flexibility index (Phi) is 3.19. The minimum Gasteiger partial charge on any atom is -0.329 e. The van der Waals surface area contributed by atoms with Crippen molar-refractivity contribution in [1.82, 2.24) is 9.55 Å². The van der Waals surface area contributed by atoms with Crippen LogP contribution >= 0.6 is 23.8 Å². The predicted octanol–water partition coefficient (Wildman–Crippen LogP) is 2.79. The van der Waals surface area contributed by atoms with E-state index in [1.807, 2.05) is 16.7 Å². The summed E-state index contributed by atoms with van der Waals surface area (Å²) >= 11 is 11.4. The Morgan fingerprint density at radius 3 is 2.95 bits per heavy atom. The molecule has 102 valence electrons. The molecule has 2 aromatic rings. The Balaban J connectivity index is 2.00. The Morgan fingerprint density at radius 1 is 1.47 bits per heavy atom. The summed E-state index contributed by atoms with van der Waals surface area (Å²) in [6.07, 6.45) is 0.706. The molecular weight excluding hydrogens is 304 g/mol. The van der Waals surface area contributed by atoms with E-state index in [2.05, 4.69) is 4.98 Å². The number of hydrogen-bond acceptors (Lipinski definition) is 3. The number of halogens is 1. The van der Waals surface area contributed by atoms with Gasteiger partial charge in [-0.25, -0.2) is 8.42 Å². The first-order chi connectivity index (χ1) is 8.96. The smallest absolute Gasteiger partial charge is 0.178 e. The highest BCUT2D eigenvalue weighted by atomic mass is 35.5. The van der Waals surface area contributed by atoms with Gasteiger partial charge in [0.05, 0.1) is 27.6 Å². The van der Waals surface area contributed by atoms with Crippen LogP contribution in [-0.4, -0.2) is 29.5 Å². The lowest BCUT2D eigenvalue weighted by atomic mass is 10.1. The molecule has 0 saturated carbocycles. The fourth-order valence-electron chi connectivity index (χ4n) is 2.60. The number of hydrogen-bond donors (Lipinski definition) is 1. The third-order valence-electron chi connectivity index (χ3n) is 3.53. The minimum atomic E-state index is -2.86. The van der Waals surface area contributed by atoms with Gasteiger partial charge in [-0.1, -0.05) is 17.7 Å². The molecule has 1 fully saturated rings. The van der Waals surface area contributed by atoms with Crippen LogP contribution in [0.1, 0.15) is 6.42 Å². The van der Waals surface area contributed by atoms with Crippen LogP contribution in [0, 0.1) is 10.7 Å². The lowest BCUT2D eigenvalue weighted by Crippen LogP contribution is -2.12. The van der Waals surface area contributed by atoms with E-state index in [1.165, 1.54) is 0 Å². The van der Waals surface area contributed by atoms with Gasteiger partial charge in [-0.2, -0.15) is 0 Å². The molecule has 0 bridgehead atoms. The van der Waals surface area contributed by atoms with Crippen molar-refractivity contribution >= 4 is 44.7 Å². The summed E-state index contributed by atoms with van der Waals surface area (Å²) in [5.41, 5.74) is 1.75. The first-order valence-electron chi connectivity index (χ1n) is 6.04. The van der Waals surface area contributed by atoms with Gasteiger partial charge in [-0.3, -0.25) is 0 Å². The molecule has 0 aliphatic carbocycles. The highest BCUT2D eigenvalue weighted by molar-refractivity contribution is 7.91. The molecule has 1 aliphatic heterocycles. The van der Waals surface area contributed by atoms with Crippen LogP contribution < -0.4 is 0 Å². The molecule has 0 radical (unpaired) electrons. The fourth-order valence-corrected chi connectivity index (χ4v) is 4.94. The Morgan fingerprint density at radius 2 is 2.26 bits per heavy atom. The van der Waals surface area contributed by atoms with E-state index < -0.39 is 9.84 Å². The van der Waals surface area contributed by atoms with Gasteiger partial charge >= 0.3 is 0 Å². The van der Waals surface area contributed by atoms with Crippen molar-refractivity contribution in [3.05, 3.63) is 28.0 Å². The molecule has 1 aliphatic rings. The van der Waals surface area contributed by atoms with E-state index in [-0.39, 0.29) is 17.4 Å². The molecule has 1 atom stereocenters. The number of H-pyrrole nitrogens is 1. The normalized spacial score (nSPS) is 22.1. The van der Waals surface area contributed by atoms with Gasteiger partial charge in [-0.15, -0.1) is 0 Å². The molecule has 1 aromatic heterocycles. The molecule has 1 saturated heterocycles. The second-order valence-corrected chi connectivity index (χ2v) is 7.97. The number of para-hydroxylation sites is 1. The van der Waals surface area contributed by atoms with Crippen LogP contribution in [0.4, 0.5) is 0 Å². The second-order valence-electron chi connectivity index (χ2n) is 4.94. The minimum absolute atomic E-state index is 0.134. The number of benzene rings is 1. The van der Waals surface area contributed by atoms with Gasteiger partial charge in [0.2, 0.25) is 0 Å². The van der Waals surface area contributed by atoms with Gasteiger partial charge in [0.1, 0.15) is 0 Å². The SMILES string of the molecule is O=S1(=O)CCC(Cn2c(=S)[nH]c3c(Cl)cccc32)C1. The first-order valence-corrected chi connectivity index (χ1v) is 8.64. The molecule has 1 unspecified atom stereocenters.